The number of hydrogen-bond acceptors (Lipinski definition) is 0. The molecule has 0 saturated heterocycles. The summed E-state index contributed by atoms with van der Waals surface area (Å²) >= 11 is 2.21. The van der Waals surface area contributed by atoms with Crippen LogP contribution in [0.1, 0.15) is 22.5 Å². The minimum absolute atomic E-state index is 0.478. The minimum atomic E-state index is 0.478. The van der Waals surface area contributed by atoms with E-state index in [4.69, 9.17) is 2.74 Å². The first-order chi connectivity index (χ1) is 4.22. The Morgan fingerprint density at radius 1 is 1.71 bits per heavy atom. The Balaban J connectivity index is 3.78. The van der Waals surface area contributed by atoms with Crippen LogP contribution >= 0.6 is 22.6 Å². The number of hydrogen-bond donors (Lipinski definition) is 0. The van der Waals surface area contributed by atoms with Gasteiger partial charge in [-0.05, 0) is 12.8 Å². The van der Waals surface area contributed by atoms with Gasteiger partial charge in [0.25, 0.3) is 0 Å². The Labute approximate surface area is 61.9 Å². The van der Waals surface area contributed by atoms with Crippen molar-refractivity contribution in [3.05, 3.63) is 12.1 Å². The monoisotopic (exact) mass is 212 g/mol. The molecule has 0 rings (SSSR count). The molecule has 0 aromatic carbocycles. The molecule has 0 N–H and O–H groups in total. The summed E-state index contributed by atoms with van der Waals surface area (Å²) in [6.07, 6.45) is 1.43. The van der Waals surface area contributed by atoms with Crippen molar-refractivity contribution >= 4 is 22.6 Å². The summed E-state index contributed by atoms with van der Waals surface area (Å²) < 4.78 is 15.4. The van der Waals surface area contributed by atoms with Crippen LogP contribution in [0.4, 0.5) is 0 Å². The van der Waals surface area contributed by atoms with Gasteiger partial charge in [-0.1, -0.05) is 41.6 Å². The van der Waals surface area contributed by atoms with Crippen LogP contribution in [-0.2, 0) is 0 Å². The quantitative estimate of drug-likeness (QED) is 0.383. The Hall–Kier alpha value is 0.470. The molecular weight excluding hydrogens is 199 g/mol. The van der Waals surface area contributed by atoms with E-state index in [0.717, 1.165) is 10.8 Å². The van der Waals surface area contributed by atoms with Gasteiger partial charge in [0.15, 0.2) is 0 Å². The topological polar surface area (TPSA) is 0 Å². The summed E-state index contributed by atoms with van der Waals surface area (Å²) in [5.41, 5.74) is 0. The van der Waals surface area contributed by atoms with Gasteiger partial charge in [0.2, 0.25) is 0 Å². The second kappa shape index (κ2) is 6.47. The molecule has 0 aromatic rings. The van der Waals surface area contributed by atoms with E-state index in [-0.39, 0.29) is 0 Å². The van der Waals surface area contributed by atoms with Gasteiger partial charge >= 0.3 is 0 Å². The second-order valence-corrected chi connectivity index (χ2v) is 2.22. The van der Waals surface area contributed by atoms with E-state index in [1.54, 1.807) is 0 Å². The van der Waals surface area contributed by atoms with Crippen LogP contribution in [0.3, 0.4) is 0 Å². The Kier molecular flexibility index (Phi) is 4.03. The van der Waals surface area contributed by atoms with Gasteiger partial charge in [-0.25, -0.2) is 0 Å². The number of rotatable bonds is 3. The van der Waals surface area contributed by atoms with Gasteiger partial charge in [-0.3, -0.25) is 0 Å². The summed E-state index contributed by atoms with van der Waals surface area (Å²) in [6.45, 7) is 1.91. The molecule has 0 saturated carbocycles. The average molecular weight is 212 g/mol. The molecule has 0 bridgehead atoms. The molecule has 0 aliphatic heterocycles. The highest BCUT2D eigenvalue weighted by Crippen LogP contribution is 1.90. The van der Waals surface area contributed by atoms with Gasteiger partial charge in [0.05, 0.1) is 2.74 Å². The van der Waals surface area contributed by atoms with Gasteiger partial charge in [0, 0.05) is 4.43 Å². The summed E-state index contributed by atoms with van der Waals surface area (Å²) in [4.78, 5) is 0. The molecule has 0 spiro atoms. The minimum Gasteiger partial charge on any atom is -0.0888 e. The van der Waals surface area contributed by atoms with Gasteiger partial charge in [0.1, 0.15) is 0 Å². The van der Waals surface area contributed by atoms with Crippen molar-refractivity contribution in [3.8, 4) is 0 Å². The first kappa shape index (κ1) is 4.36. The van der Waals surface area contributed by atoms with Crippen LogP contribution in [0.2, 0.25) is 0 Å². The summed E-state index contributed by atoms with van der Waals surface area (Å²) in [7, 11) is 0. The van der Waals surface area contributed by atoms with Crippen LogP contribution in [0.5, 0.6) is 0 Å². The second-order valence-electron chi connectivity index (χ2n) is 1.15. The molecule has 0 amide bonds. The third-order valence-corrected chi connectivity index (χ3v) is 1.06. The van der Waals surface area contributed by atoms with Crippen LogP contribution < -0.4 is 0 Å². The zero-order valence-electron chi connectivity index (χ0n) is 6.50. The molecule has 0 aliphatic rings. The normalized spacial score (nSPS) is 17.4. The maximum absolute atomic E-state index is 7.27. The van der Waals surface area contributed by atoms with Crippen molar-refractivity contribution in [1.82, 2.24) is 0 Å². The highest BCUT2D eigenvalue weighted by atomic mass is 127. The smallest absolute Gasteiger partial charge is 0.0573 e. The highest BCUT2D eigenvalue weighted by molar-refractivity contribution is 14.1. The van der Waals surface area contributed by atoms with E-state index in [9.17, 15) is 0 Å². The molecule has 42 valence electrons. The fourth-order valence-electron chi connectivity index (χ4n) is 0.261. The lowest BCUT2D eigenvalue weighted by Crippen LogP contribution is -1.63. The zero-order chi connectivity index (χ0) is 7.28. The zero-order valence-corrected chi connectivity index (χ0v) is 6.66. The van der Waals surface area contributed by atoms with Crippen molar-refractivity contribution in [3.63, 3.8) is 0 Å². The SMILES string of the molecule is [2H]/C(CC)=C(\[2H])CCI. The third-order valence-electron chi connectivity index (χ3n) is 0.521. The van der Waals surface area contributed by atoms with Crippen LogP contribution in [0, 0.1) is 0 Å². The number of alkyl halides is 1. The summed E-state index contributed by atoms with van der Waals surface area (Å²) in [5.74, 6) is 0. The number of allylic oxidation sites excluding steroid dienone is 2. The first-order valence-electron chi connectivity index (χ1n) is 3.43. The Morgan fingerprint density at radius 3 is 2.86 bits per heavy atom. The third kappa shape index (κ3) is 6.47. The van der Waals surface area contributed by atoms with E-state index in [1.807, 2.05) is 6.92 Å². The maximum atomic E-state index is 7.27. The highest BCUT2D eigenvalue weighted by Gasteiger charge is 1.69. The van der Waals surface area contributed by atoms with Crippen molar-refractivity contribution in [1.29, 1.82) is 0 Å². The molecule has 0 heterocycles. The van der Waals surface area contributed by atoms with E-state index in [1.165, 1.54) is 0 Å². The molecule has 0 aromatic heterocycles. The molecule has 0 radical (unpaired) electrons. The Morgan fingerprint density at radius 2 is 2.43 bits per heavy atom. The van der Waals surface area contributed by atoms with E-state index in [2.05, 4.69) is 22.6 Å². The maximum Gasteiger partial charge on any atom is 0.0573 e. The molecule has 1 heteroatoms. The van der Waals surface area contributed by atoms with Crippen LogP contribution in [0.25, 0.3) is 0 Å². The molecule has 0 fully saturated rings. The molecule has 0 aliphatic carbocycles. The van der Waals surface area contributed by atoms with Crippen molar-refractivity contribution in [2.24, 2.45) is 0 Å². The molecule has 0 atom stereocenters. The van der Waals surface area contributed by atoms with E-state index >= 15 is 0 Å². The standard InChI is InChI=1S/C6H11I/c1-2-3-4-5-6-7/h3-4H,2,5-6H2,1H3/b4-3-/i3D,4D. The lowest BCUT2D eigenvalue weighted by molar-refractivity contribution is 1.17. The van der Waals surface area contributed by atoms with Gasteiger partial charge in [-0.2, -0.15) is 0 Å². The number of halogens is 1. The van der Waals surface area contributed by atoms with Crippen molar-refractivity contribution in [2.45, 2.75) is 19.8 Å². The fraction of sp³-hybridized carbons (Fsp3) is 0.667. The van der Waals surface area contributed by atoms with Crippen molar-refractivity contribution in [2.75, 3.05) is 4.43 Å². The van der Waals surface area contributed by atoms with Crippen LogP contribution in [-0.4, -0.2) is 4.43 Å². The molecule has 0 unspecified atom stereocenters. The predicted molar refractivity (Wildman–Crippen MR) is 42.9 cm³/mol. The summed E-state index contributed by atoms with van der Waals surface area (Å²) in [6, 6.07) is 0.971. The molecule has 0 nitrogen and oxygen atoms in total. The predicted octanol–water partition coefficient (Wildman–Crippen LogP) is 2.78. The van der Waals surface area contributed by atoms with Gasteiger partial charge < -0.3 is 0 Å². The Bertz CT molecular complexity index is 110. The summed E-state index contributed by atoms with van der Waals surface area (Å²) in [5, 5.41) is 0. The lowest BCUT2D eigenvalue weighted by Gasteiger charge is -1.78. The van der Waals surface area contributed by atoms with E-state index in [0.29, 0.717) is 18.5 Å². The average Bonchev–Trinajstić information content (AvgIpc) is 1.87. The first-order valence-corrected chi connectivity index (χ1v) is 3.96. The lowest BCUT2D eigenvalue weighted by atomic mass is 10.4. The molecule has 7 heavy (non-hydrogen) atoms. The van der Waals surface area contributed by atoms with E-state index < -0.39 is 0 Å². The molecular formula is C6H11I. The van der Waals surface area contributed by atoms with Crippen molar-refractivity contribution < 1.29 is 2.74 Å². The largest absolute Gasteiger partial charge is 0.0888 e. The van der Waals surface area contributed by atoms with Gasteiger partial charge in [-0.15, -0.1) is 0 Å². The fourth-order valence-corrected chi connectivity index (χ4v) is 0.530. The van der Waals surface area contributed by atoms with Crippen LogP contribution in [0.15, 0.2) is 12.1 Å².